The fourth-order valence-corrected chi connectivity index (χ4v) is 2.78. The lowest BCUT2D eigenvalue weighted by Crippen LogP contribution is -2.40. The molecule has 2 aromatic rings. The lowest BCUT2D eigenvalue weighted by Gasteiger charge is -2.33. The first kappa shape index (κ1) is 14.6. The highest BCUT2D eigenvalue weighted by Gasteiger charge is 2.17. The van der Waals surface area contributed by atoms with Gasteiger partial charge in [-0.05, 0) is 40.1 Å². The van der Waals surface area contributed by atoms with E-state index in [1.807, 2.05) is 12.3 Å². The van der Waals surface area contributed by atoms with Gasteiger partial charge < -0.3 is 15.5 Å². The Morgan fingerprint density at radius 1 is 1.25 bits per heavy atom. The first-order valence-corrected chi connectivity index (χ1v) is 7.08. The van der Waals surface area contributed by atoms with Crippen LogP contribution in [-0.4, -0.2) is 43.1 Å². The predicted molar refractivity (Wildman–Crippen MR) is 87.2 cm³/mol. The van der Waals surface area contributed by atoms with E-state index in [0.717, 1.165) is 35.2 Å². The van der Waals surface area contributed by atoms with Gasteiger partial charge in [-0.1, -0.05) is 6.07 Å². The van der Waals surface area contributed by atoms with Crippen LogP contribution in [0.1, 0.15) is 13.8 Å². The second kappa shape index (κ2) is 6.09. The number of aromatic nitrogens is 1. The van der Waals surface area contributed by atoms with Crippen molar-refractivity contribution in [2.75, 3.05) is 37.8 Å². The fraction of sp³-hybridized carbons (Fsp3) is 0.438. The minimum absolute atomic E-state index is 0.414. The zero-order valence-corrected chi connectivity index (χ0v) is 12.8. The van der Waals surface area contributed by atoms with E-state index in [9.17, 15) is 0 Å². The molecule has 0 spiro atoms. The highest BCUT2D eigenvalue weighted by Crippen LogP contribution is 2.32. The topological polar surface area (TPSA) is 45.4 Å². The molecule has 0 saturated carbocycles. The van der Waals surface area contributed by atoms with Crippen molar-refractivity contribution in [3.8, 4) is 0 Å². The molecule has 2 rings (SSSR count). The number of anilines is 2. The molecule has 0 aliphatic carbocycles. The van der Waals surface area contributed by atoms with Crippen LogP contribution in [0.5, 0.6) is 0 Å². The van der Waals surface area contributed by atoms with Crippen LogP contribution in [0, 0.1) is 0 Å². The second-order valence-corrected chi connectivity index (χ2v) is 5.49. The molecule has 4 heteroatoms. The maximum Gasteiger partial charge on any atom is 0.0632 e. The lowest BCUT2D eigenvalue weighted by molar-refractivity contribution is 0.373. The van der Waals surface area contributed by atoms with Gasteiger partial charge >= 0.3 is 0 Å². The van der Waals surface area contributed by atoms with Crippen molar-refractivity contribution in [2.45, 2.75) is 19.9 Å². The van der Waals surface area contributed by atoms with Gasteiger partial charge in [-0.15, -0.1) is 0 Å². The lowest BCUT2D eigenvalue weighted by atomic mass is 10.1. The normalized spacial score (nSPS) is 12.8. The van der Waals surface area contributed by atoms with Gasteiger partial charge in [0.1, 0.15) is 0 Å². The quantitative estimate of drug-likeness (QED) is 0.850. The summed E-state index contributed by atoms with van der Waals surface area (Å²) in [6.07, 6.45) is 3.65. The Labute approximate surface area is 121 Å². The van der Waals surface area contributed by atoms with Crippen molar-refractivity contribution >= 4 is 22.1 Å². The zero-order valence-electron chi connectivity index (χ0n) is 12.8. The van der Waals surface area contributed by atoms with E-state index in [0.29, 0.717) is 6.04 Å². The van der Waals surface area contributed by atoms with Crippen molar-refractivity contribution in [1.29, 1.82) is 0 Å². The molecule has 2 N–H and O–H groups in total. The summed E-state index contributed by atoms with van der Waals surface area (Å²) >= 11 is 0. The van der Waals surface area contributed by atoms with Crippen molar-refractivity contribution in [1.82, 2.24) is 9.88 Å². The molecule has 0 fully saturated rings. The van der Waals surface area contributed by atoms with Crippen molar-refractivity contribution < 1.29 is 0 Å². The number of pyridine rings is 1. The third-order valence-electron chi connectivity index (χ3n) is 3.65. The number of hydrogen-bond acceptors (Lipinski definition) is 4. The maximum atomic E-state index is 6.38. The number of nitrogen functional groups attached to an aromatic ring is 1. The third kappa shape index (κ3) is 2.85. The number of hydrogen-bond donors (Lipinski definition) is 1. The summed E-state index contributed by atoms with van der Waals surface area (Å²) in [5.41, 5.74) is 8.34. The van der Waals surface area contributed by atoms with Crippen LogP contribution in [0.4, 0.5) is 11.4 Å². The monoisotopic (exact) mass is 272 g/mol. The van der Waals surface area contributed by atoms with E-state index in [1.165, 1.54) is 0 Å². The number of benzene rings is 1. The second-order valence-electron chi connectivity index (χ2n) is 5.49. The van der Waals surface area contributed by atoms with E-state index < -0.39 is 0 Å². The predicted octanol–water partition coefficient (Wildman–Crippen LogP) is 2.59. The summed E-state index contributed by atoms with van der Waals surface area (Å²) in [7, 11) is 4.19. The number of nitrogens with zero attached hydrogens (tertiary/aromatic N) is 3. The van der Waals surface area contributed by atoms with E-state index in [2.05, 4.69) is 54.9 Å². The minimum Gasteiger partial charge on any atom is -0.397 e. The van der Waals surface area contributed by atoms with Gasteiger partial charge in [-0.2, -0.15) is 0 Å². The first-order chi connectivity index (χ1) is 9.54. The van der Waals surface area contributed by atoms with Crippen LogP contribution in [0.3, 0.4) is 0 Å². The van der Waals surface area contributed by atoms with E-state index in [4.69, 9.17) is 5.73 Å². The van der Waals surface area contributed by atoms with Gasteiger partial charge in [0.2, 0.25) is 0 Å². The molecule has 20 heavy (non-hydrogen) atoms. The number of likely N-dealkylation sites (N-methyl/N-ethyl adjacent to an activating group) is 2. The Balaban J connectivity index is 2.42. The van der Waals surface area contributed by atoms with Crippen LogP contribution < -0.4 is 10.6 Å². The largest absolute Gasteiger partial charge is 0.397 e. The molecule has 108 valence electrons. The standard InChI is InChI=1S/C16H24N4/c1-5-20(12(2)11-19(3)4)15-7-6-13-10-18-9-8-14(13)16(15)17/h6-10,12H,5,11,17H2,1-4H3. The molecule has 0 amide bonds. The average molecular weight is 272 g/mol. The SMILES string of the molecule is CCN(c1ccc2cnccc2c1N)C(C)CN(C)C. The Hall–Kier alpha value is -1.81. The highest BCUT2D eigenvalue weighted by molar-refractivity contribution is 5.98. The van der Waals surface area contributed by atoms with Gasteiger partial charge in [-0.25, -0.2) is 0 Å². The molecule has 0 bridgehead atoms. The molecule has 1 atom stereocenters. The van der Waals surface area contributed by atoms with Crippen LogP contribution in [0.15, 0.2) is 30.6 Å². The van der Waals surface area contributed by atoms with Crippen LogP contribution in [0.2, 0.25) is 0 Å². The smallest absolute Gasteiger partial charge is 0.0632 e. The van der Waals surface area contributed by atoms with Gasteiger partial charge in [0.05, 0.1) is 11.4 Å². The van der Waals surface area contributed by atoms with Crippen LogP contribution in [0.25, 0.3) is 10.8 Å². The molecule has 0 aliphatic heterocycles. The van der Waals surface area contributed by atoms with E-state index >= 15 is 0 Å². The molecule has 4 nitrogen and oxygen atoms in total. The third-order valence-corrected chi connectivity index (χ3v) is 3.65. The molecular weight excluding hydrogens is 248 g/mol. The zero-order chi connectivity index (χ0) is 14.7. The van der Waals surface area contributed by atoms with Gasteiger partial charge in [-0.3, -0.25) is 4.98 Å². The molecule has 1 aromatic carbocycles. The van der Waals surface area contributed by atoms with Crippen LogP contribution in [-0.2, 0) is 0 Å². The van der Waals surface area contributed by atoms with Crippen molar-refractivity contribution in [3.63, 3.8) is 0 Å². The Morgan fingerprint density at radius 2 is 2.00 bits per heavy atom. The number of nitrogens with two attached hydrogens (primary N) is 1. The summed E-state index contributed by atoms with van der Waals surface area (Å²) in [5.74, 6) is 0. The summed E-state index contributed by atoms with van der Waals surface area (Å²) in [6.45, 7) is 6.35. The highest BCUT2D eigenvalue weighted by atomic mass is 15.2. The molecule has 1 unspecified atom stereocenters. The maximum absolute atomic E-state index is 6.38. The van der Waals surface area contributed by atoms with E-state index in [-0.39, 0.29) is 0 Å². The molecular formula is C16H24N4. The Morgan fingerprint density at radius 3 is 2.65 bits per heavy atom. The average Bonchev–Trinajstić information content (AvgIpc) is 2.41. The van der Waals surface area contributed by atoms with Gasteiger partial charge in [0, 0.05) is 42.3 Å². The fourth-order valence-electron chi connectivity index (χ4n) is 2.78. The number of fused-ring (bicyclic) bond motifs is 1. The Kier molecular flexibility index (Phi) is 4.45. The van der Waals surface area contributed by atoms with E-state index in [1.54, 1.807) is 6.20 Å². The molecule has 0 radical (unpaired) electrons. The van der Waals surface area contributed by atoms with Crippen molar-refractivity contribution in [2.24, 2.45) is 0 Å². The molecule has 0 saturated heterocycles. The summed E-state index contributed by atoms with van der Waals surface area (Å²) in [5, 5.41) is 2.16. The number of rotatable bonds is 5. The summed E-state index contributed by atoms with van der Waals surface area (Å²) in [4.78, 5) is 8.71. The minimum atomic E-state index is 0.414. The molecule has 0 aliphatic rings. The van der Waals surface area contributed by atoms with Gasteiger partial charge in [0.25, 0.3) is 0 Å². The van der Waals surface area contributed by atoms with Gasteiger partial charge in [0.15, 0.2) is 0 Å². The summed E-state index contributed by atoms with van der Waals surface area (Å²) in [6, 6.07) is 6.60. The molecule has 1 aromatic heterocycles. The molecule has 1 heterocycles. The summed E-state index contributed by atoms with van der Waals surface area (Å²) < 4.78 is 0. The van der Waals surface area contributed by atoms with Crippen LogP contribution >= 0.6 is 0 Å². The van der Waals surface area contributed by atoms with Crippen molar-refractivity contribution in [3.05, 3.63) is 30.6 Å². The first-order valence-electron chi connectivity index (χ1n) is 7.08. The Bertz CT molecular complexity index is 580.